The highest BCUT2D eigenvalue weighted by Gasteiger charge is 2.40. The molecule has 0 radical (unpaired) electrons. The quantitative estimate of drug-likeness (QED) is 0.118. The van der Waals surface area contributed by atoms with Crippen molar-refractivity contribution in [1.29, 1.82) is 0 Å². The van der Waals surface area contributed by atoms with Crippen LogP contribution in [0.25, 0.3) is 0 Å². The molecule has 0 aliphatic rings. The number of carbonyl (C=O) groups is 4. The summed E-state index contributed by atoms with van der Waals surface area (Å²) >= 11 is 0. The third-order valence-corrected chi connectivity index (χ3v) is 5.76. The fourth-order valence-electron chi connectivity index (χ4n) is 3.55. The lowest BCUT2D eigenvalue weighted by atomic mass is 9.96. The maximum Gasteiger partial charge on any atom is 0.336 e. The second-order valence-corrected chi connectivity index (χ2v) is 9.07. The van der Waals surface area contributed by atoms with E-state index in [0.29, 0.717) is 6.61 Å². The molecule has 35 heavy (non-hydrogen) atoms. The molecule has 0 aliphatic carbocycles. The second kappa shape index (κ2) is 22.3. The van der Waals surface area contributed by atoms with Crippen LogP contribution >= 0.6 is 0 Å². The number of aliphatic carboxylic acids is 3. The van der Waals surface area contributed by atoms with Gasteiger partial charge in [0.1, 0.15) is 0 Å². The summed E-state index contributed by atoms with van der Waals surface area (Å²) < 4.78 is 5.43. The summed E-state index contributed by atoms with van der Waals surface area (Å²) in [7, 11) is 0. The van der Waals surface area contributed by atoms with Gasteiger partial charge < -0.3 is 25.2 Å². The average molecular weight is 505 g/mol. The van der Waals surface area contributed by atoms with Crippen molar-refractivity contribution in [1.82, 2.24) is 0 Å². The number of rotatable bonds is 21. The van der Waals surface area contributed by atoms with E-state index in [1.807, 2.05) is 0 Å². The summed E-state index contributed by atoms with van der Waals surface area (Å²) in [5.74, 6) is -4.84. The number of carboxylic acids is 3. The fourth-order valence-corrected chi connectivity index (χ4v) is 3.55. The summed E-state index contributed by atoms with van der Waals surface area (Å²) in [6.07, 6.45) is 14.9. The van der Waals surface area contributed by atoms with E-state index in [1.165, 1.54) is 70.6 Å². The average Bonchev–Trinajstić information content (AvgIpc) is 2.77. The summed E-state index contributed by atoms with van der Waals surface area (Å²) in [5, 5.41) is 33.8. The number of carbonyl (C=O) groups excluding carboxylic acids is 1. The molecule has 9 nitrogen and oxygen atoms in total. The van der Waals surface area contributed by atoms with Crippen LogP contribution in [0.2, 0.25) is 0 Å². The van der Waals surface area contributed by atoms with Crippen molar-refractivity contribution in [3.63, 3.8) is 0 Å². The van der Waals surface area contributed by atoms with Crippen LogP contribution in [0.15, 0.2) is 0 Å². The van der Waals surface area contributed by atoms with Crippen LogP contribution < -0.4 is 0 Å². The van der Waals surface area contributed by atoms with Crippen molar-refractivity contribution in [2.45, 2.75) is 129 Å². The van der Waals surface area contributed by atoms with Crippen molar-refractivity contribution < 1.29 is 44.3 Å². The number of hydrogen-bond acceptors (Lipinski definition) is 6. The molecule has 0 amide bonds. The molecule has 206 valence electrons. The topological polar surface area (TPSA) is 158 Å². The minimum atomic E-state index is -2.74. The van der Waals surface area contributed by atoms with E-state index in [-0.39, 0.29) is 11.9 Å². The highest BCUT2D eigenvalue weighted by molar-refractivity contribution is 5.88. The minimum absolute atomic E-state index is 0.0435. The molecule has 9 heteroatoms. The Morgan fingerprint density at radius 2 is 1.11 bits per heavy atom. The number of ether oxygens (including phenoxy) is 1. The van der Waals surface area contributed by atoms with Crippen molar-refractivity contribution in [3.8, 4) is 0 Å². The van der Waals surface area contributed by atoms with Crippen LogP contribution in [-0.4, -0.2) is 56.5 Å². The van der Waals surface area contributed by atoms with Gasteiger partial charge in [-0.05, 0) is 19.3 Å². The van der Waals surface area contributed by atoms with Crippen LogP contribution in [0.3, 0.4) is 0 Å². The van der Waals surface area contributed by atoms with Gasteiger partial charge in [-0.15, -0.1) is 0 Å². The smallest absolute Gasteiger partial charge is 0.336 e. The van der Waals surface area contributed by atoms with Gasteiger partial charge in [0.05, 0.1) is 25.4 Å². The van der Waals surface area contributed by atoms with Crippen LogP contribution in [0.4, 0.5) is 0 Å². The Morgan fingerprint density at radius 1 is 0.686 bits per heavy atom. The first kappa shape index (κ1) is 35.0. The van der Waals surface area contributed by atoms with Crippen LogP contribution in [0.1, 0.15) is 124 Å². The van der Waals surface area contributed by atoms with Gasteiger partial charge in [0, 0.05) is 0 Å². The SMILES string of the molecule is CCCCCCCCCCC(CC)C(=O)OCCCCCC.O=C(O)CC(O)(CC(=O)O)C(=O)O. The summed E-state index contributed by atoms with van der Waals surface area (Å²) in [4.78, 5) is 42.5. The molecule has 0 aromatic heterocycles. The molecule has 0 spiro atoms. The first-order valence-corrected chi connectivity index (χ1v) is 13.1. The number of hydrogen-bond donors (Lipinski definition) is 4. The van der Waals surface area contributed by atoms with E-state index in [1.54, 1.807) is 0 Å². The van der Waals surface area contributed by atoms with Gasteiger partial charge >= 0.3 is 23.9 Å². The molecule has 0 saturated heterocycles. The van der Waals surface area contributed by atoms with E-state index in [4.69, 9.17) is 25.2 Å². The number of esters is 1. The Morgan fingerprint density at radius 3 is 1.51 bits per heavy atom. The third kappa shape index (κ3) is 20.9. The van der Waals surface area contributed by atoms with E-state index in [9.17, 15) is 19.2 Å². The fraction of sp³-hybridized carbons (Fsp3) is 0.846. The molecule has 0 aromatic rings. The highest BCUT2D eigenvalue weighted by Crippen LogP contribution is 2.18. The molecule has 1 unspecified atom stereocenters. The summed E-state index contributed by atoms with van der Waals surface area (Å²) in [6.45, 7) is 7.18. The van der Waals surface area contributed by atoms with Crippen molar-refractivity contribution >= 4 is 23.9 Å². The second-order valence-electron chi connectivity index (χ2n) is 9.07. The van der Waals surface area contributed by atoms with E-state index >= 15 is 0 Å². The van der Waals surface area contributed by atoms with Crippen molar-refractivity contribution in [3.05, 3.63) is 0 Å². The standard InChI is InChI=1S/C20H40O2.C6H8O7/c1-4-7-9-11-12-13-14-15-17-19(6-3)20(21)22-18-16-10-8-5-2;7-3(8)1-6(13,5(11)12)2-4(9)10/h19H,4-18H2,1-3H3;13H,1-2H2,(H,7,8)(H,9,10)(H,11,12). The molecule has 0 aliphatic heterocycles. The predicted molar refractivity (Wildman–Crippen MR) is 133 cm³/mol. The number of unbranched alkanes of at least 4 members (excludes halogenated alkanes) is 10. The summed E-state index contributed by atoms with van der Waals surface area (Å²) in [5.41, 5.74) is -2.74. The van der Waals surface area contributed by atoms with Gasteiger partial charge in [0.2, 0.25) is 0 Å². The van der Waals surface area contributed by atoms with E-state index in [0.717, 1.165) is 19.3 Å². The van der Waals surface area contributed by atoms with Crippen LogP contribution in [0.5, 0.6) is 0 Å². The third-order valence-electron chi connectivity index (χ3n) is 5.76. The van der Waals surface area contributed by atoms with Gasteiger partial charge in [-0.25, -0.2) is 4.79 Å². The zero-order chi connectivity index (χ0) is 27.1. The molecule has 0 heterocycles. The zero-order valence-corrected chi connectivity index (χ0v) is 21.9. The molecule has 0 fully saturated rings. The Labute approximate surface area is 210 Å². The maximum absolute atomic E-state index is 12.0. The van der Waals surface area contributed by atoms with Gasteiger partial charge in [-0.1, -0.05) is 91.4 Å². The predicted octanol–water partition coefficient (Wildman–Crippen LogP) is 5.42. The normalized spacial score (nSPS) is 11.8. The molecule has 0 bridgehead atoms. The monoisotopic (exact) mass is 504 g/mol. The van der Waals surface area contributed by atoms with Gasteiger partial charge in [0.15, 0.2) is 5.60 Å². The molecule has 0 rings (SSSR count). The lowest BCUT2D eigenvalue weighted by Crippen LogP contribution is -2.42. The number of carboxylic acid groups (broad SMARTS) is 3. The lowest BCUT2D eigenvalue weighted by Gasteiger charge is -2.18. The van der Waals surface area contributed by atoms with Gasteiger partial charge in [-0.2, -0.15) is 0 Å². The Kier molecular flexibility index (Phi) is 22.3. The first-order valence-electron chi connectivity index (χ1n) is 13.1. The Balaban J connectivity index is 0. The Hall–Kier alpha value is -2.16. The van der Waals surface area contributed by atoms with Crippen molar-refractivity contribution in [2.75, 3.05) is 6.61 Å². The first-order chi connectivity index (χ1) is 16.5. The molecular formula is C26H48O9. The van der Waals surface area contributed by atoms with Crippen LogP contribution in [0, 0.1) is 5.92 Å². The van der Waals surface area contributed by atoms with E-state index < -0.39 is 36.4 Å². The van der Waals surface area contributed by atoms with Gasteiger partial charge in [0.25, 0.3) is 0 Å². The minimum Gasteiger partial charge on any atom is -0.481 e. The highest BCUT2D eigenvalue weighted by atomic mass is 16.5. The zero-order valence-electron chi connectivity index (χ0n) is 21.9. The van der Waals surface area contributed by atoms with Gasteiger partial charge in [-0.3, -0.25) is 14.4 Å². The molecule has 4 N–H and O–H groups in total. The van der Waals surface area contributed by atoms with Crippen molar-refractivity contribution in [2.24, 2.45) is 5.92 Å². The maximum atomic E-state index is 12.0. The lowest BCUT2D eigenvalue weighted by molar-refractivity contribution is -0.170. The largest absolute Gasteiger partial charge is 0.481 e. The molecule has 1 atom stereocenters. The molecule has 0 aromatic carbocycles. The Bertz CT molecular complexity index is 573. The molecule has 0 saturated carbocycles. The molecular weight excluding hydrogens is 456 g/mol. The number of aliphatic hydroxyl groups is 1. The summed E-state index contributed by atoms with van der Waals surface area (Å²) in [6, 6.07) is 0. The van der Waals surface area contributed by atoms with E-state index in [2.05, 4.69) is 20.8 Å². The van der Waals surface area contributed by atoms with Crippen LogP contribution in [-0.2, 0) is 23.9 Å².